The van der Waals surface area contributed by atoms with Crippen LogP contribution in [-0.2, 0) is 26.7 Å². The van der Waals surface area contributed by atoms with Gasteiger partial charge in [0.2, 0.25) is 11.9 Å². The number of benzene rings is 3. The zero-order valence-electron chi connectivity index (χ0n) is 22.8. The Hall–Kier alpha value is -5.29. The number of carbonyl (C=O) groups excluding carboxylic acids is 1. The summed E-state index contributed by atoms with van der Waals surface area (Å²) in [6, 6.07) is 18.1. The number of alkyl halides is 3. The van der Waals surface area contributed by atoms with Crippen molar-refractivity contribution in [3.8, 4) is 0 Å². The molecule has 0 saturated carbocycles. The van der Waals surface area contributed by atoms with Crippen molar-refractivity contribution < 1.29 is 35.6 Å². The average molecular weight is 631 g/mol. The van der Waals surface area contributed by atoms with Gasteiger partial charge in [-0.25, -0.2) is 27.6 Å². The highest BCUT2D eigenvalue weighted by atomic mass is 32.2. The second kappa shape index (κ2) is 11.8. The fourth-order valence-corrected chi connectivity index (χ4v) is 4.79. The highest BCUT2D eigenvalue weighted by Crippen LogP contribution is 2.29. The molecule has 5 aromatic rings. The summed E-state index contributed by atoms with van der Waals surface area (Å²) in [5, 5.41) is 6.01. The summed E-state index contributed by atoms with van der Waals surface area (Å²) in [5.41, 5.74) is 3.12. The molecule has 2 aromatic heterocycles. The number of carbonyl (C=O) groups is 1. The van der Waals surface area contributed by atoms with E-state index in [4.69, 9.17) is 0 Å². The van der Waals surface area contributed by atoms with Crippen molar-refractivity contribution >= 4 is 61.8 Å². The second-order valence-corrected chi connectivity index (χ2v) is 10.9. The first-order valence-corrected chi connectivity index (χ1v) is 14.0. The molecule has 3 N–H and O–H groups in total. The number of imidazole rings is 1. The van der Waals surface area contributed by atoms with Gasteiger partial charge in [0.15, 0.2) is 0 Å². The van der Waals surface area contributed by atoms with Crippen LogP contribution in [-0.4, -0.2) is 47.1 Å². The minimum atomic E-state index is -5.38. The van der Waals surface area contributed by atoms with Crippen molar-refractivity contribution in [3.63, 3.8) is 0 Å². The number of aromatic nitrogens is 4. The maximum atomic E-state index is 13.3. The van der Waals surface area contributed by atoms with Gasteiger partial charge in [-0.05, 0) is 71.6 Å². The lowest BCUT2D eigenvalue weighted by Gasteiger charge is -2.19. The van der Waals surface area contributed by atoms with Gasteiger partial charge in [-0.2, -0.15) is 18.2 Å². The molecule has 0 aliphatic heterocycles. The zero-order chi connectivity index (χ0) is 31.6. The van der Waals surface area contributed by atoms with Crippen molar-refractivity contribution in [3.05, 3.63) is 84.8 Å². The van der Waals surface area contributed by atoms with Gasteiger partial charge >= 0.3 is 12.1 Å². The number of hydrogen-bond donors (Lipinski definition) is 3. The predicted octanol–water partition coefficient (Wildman–Crippen LogP) is 5.06. The zero-order valence-corrected chi connectivity index (χ0v) is 23.6. The number of aryl methyl sites for hydroxylation is 1. The molecule has 0 bridgehead atoms. The molecule has 0 atom stereocenters. The number of halogens is 4. The number of fused-ring (bicyclic) bond motifs is 1. The maximum absolute atomic E-state index is 13.3. The Balaban J connectivity index is 1.32. The molecule has 5 rings (SSSR count). The standard InChI is InChI=1S/C27H22F4N8O4S/c1-38(19-10-11-22-21(15-19)35-26(39(22)2)34-17-8-6-16(28)7-9-17)23-12-13-32-25(36-23)33-18-4-3-5-20(14-18)44(41,42)37-43-24(40)27(29,30)31/h3-15,37H,1-2H3,(H,34,35)(H,32,33,36). The molecule has 0 spiro atoms. The first kappa shape index (κ1) is 30.2. The third kappa shape index (κ3) is 6.68. The Morgan fingerprint density at radius 3 is 2.43 bits per heavy atom. The first-order chi connectivity index (χ1) is 20.8. The van der Waals surface area contributed by atoms with E-state index in [1.165, 1.54) is 30.5 Å². The molecule has 2 heterocycles. The summed E-state index contributed by atoms with van der Waals surface area (Å²) in [5.74, 6) is -1.95. The van der Waals surface area contributed by atoms with Crippen LogP contribution in [0.3, 0.4) is 0 Å². The first-order valence-electron chi connectivity index (χ1n) is 12.5. The van der Waals surface area contributed by atoms with E-state index in [2.05, 4.69) is 30.4 Å². The van der Waals surface area contributed by atoms with Crippen LogP contribution in [0.4, 0.5) is 52.3 Å². The lowest BCUT2D eigenvalue weighted by molar-refractivity contribution is -0.203. The molecule has 12 nitrogen and oxygen atoms in total. The minimum absolute atomic E-state index is 0.0880. The number of sulfonamides is 1. The average Bonchev–Trinajstić information content (AvgIpc) is 3.30. The van der Waals surface area contributed by atoms with Crippen molar-refractivity contribution in [2.24, 2.45) is 7.05 Å². The van der Waals surface area contributed by atoms with Gasteiger partial charge < -0.3 is 24.9 Å². The predicted molar refractivity (Wildman–Crippen MR) is 153 cm³/mol. The molecule has 0 unspecified atom stereocenters. The van der Waals surface area contributed by atoms with Gasteiger partial charge in [0.25, 0.3) is 10.0 Å². The van der Waals surface area contributed by atoms with Gasteiger partial charge in [-0.15, -0.1) is 0 Å². The van der Waals surface area contributed by atoms with Crippen LogP contribution in [0.25, 0.3) is 11.0 Å². The molecule has 0 saturated heterocycles. The smallest absolute Gasteiger partial charge is 0.348 e. The summed E-state index contributed by atoms with van der Waals surface area (Å²) in [6.45, 7) is 0. The van der Waals surface area contributed by atoms with Crippen molar-refractivity contribution in [1.82, 2.24) is 24.4 Å². The van der Waals surface area contributed by atoms with Gasteiger partial charge in [-0.3, -0.25) is 0 Å². The number of hydrogen-bond acceptors (Lipinski definition) is 10. The summed E-state index contributed by atoms with van der Waals surface area (Å²) in [7, 11) is -1.02. The number of anilines is 6. The quantitative estimate of drug-likeness (QED) is 0.149. The largest absolute Gasteiger partial charge is 0.492 e. The van der Waals surface area contributed by atoms with Crippen LogP contribution in [0, 0.1) is 5.82 Å². The number of nitrogens with one attached hydrogen (secondary N) is 3. The summed E-state index contributed by atoms with van der Waals surface area (Å²) >= 11 is 0. The van der Waals surface area contributed by atoms with E-state index in [0.29, 0.717) is 23.0 Å². The SMILES string of the molecule is CN(c1ccc2c(c1)nc(Nc1ccc(F)cc1)n2C)c1ccnc(Nc2cccc(S(=O)(=O)NOC(=O)C(F)(F)F)c2)n1. The molecule has 44 heavy (non-hydrogen) atoms. The fourth-order valence-electron chi connectivity index (χ4n) is 3.97. The Labute approximate surface area is 247 Å². The van der Waals surface area contributed by atoms with E-state index in [1.807, 2.05) is 29.8 Å². The molecule has 17 heteroatoms. The highest BCUT2D eigenvalue weighted by molar-refractivity contribution is 7.89. The topological polar surface area (TPSA) is 143 Å². The molecule has 0 aliphatic rings. The van der Waals surface area contributed by atoms with E-state index < -0.39 is 27.1 Å². The Kier molecular flexibility index (Phi) is 8.07. The summed E-state index contributed by atoms with van der Waals surface area (Å²) < 4.78 is 76.9. The third-order valence-electron chi connectivity index (χ3n) is 6.21. The van der Waals surface area contributed by atoms with Crippen LogP contribution in [0.5, 0.6) is 0 Å². The Morgan fingerprint density at radius 2 is 1.70 bits per heavy atom. The molecule has 0 amide bonds. The van der Waals surface area contributed by atoms with Gasteiger partial charge in [0.1, 0.15) is 11.6 Å². The number of nitrogens with zero attached hydrogens (tertiary/aromatic N) is 5. The van der Waals surface area contributed by atoms with Gasteiger partial charge in [0.05, 0.1) is 15.9 Å². The number of rotatable bonds is 9. The van der Waals surface area contributed by atoms with Crippen molar-refractivity contribution in [1.29, 1.82) is 0 Å². The van der Waals surface area contributed by atoms with E-state index in [0.717, 1.165) is 28.2 Å². The molecule has 228 valence electrons. The molecule has 3 aromatic carbocycles. The monoisotopic (exact) mass is 630 g/mol. The third-order valence-corrected chi connectivity index (χ3v) is 7.39. The minimum Gasteiger partial charge on any atom is -0.348 e. The molecular formula is C27H22F4N8O4S. The van der Waals surface area contributed by atoms with Crippen LogP contribution < -0.4 is 20.4 Å². The van der Waals surface area contributed by atoms with Crippen molar-refractivity contribution in [2.45, 2.75) is 11.1 Å². The fraction of sp³-hybridized carbons (Fsp3) is 0.111. The molecular weight excluding hydrogens is 608 g/mol. The van der Waals surface area contributed by atoms with E-state index >= 15 is 0 Å². The van der Waals surface area contributed by atoms with Crippen molar-refractivity contribution in [2.75, 3.05) is 22.6 Å². The maximum Gasteiger partial charge on any atom is 0.492 e. The van der Waals surface area contributed by atoms with Crippen LogP contribution in [0.2, 0.25) is 0 Å². The lowest BCUT2D eigenvalue weighted by atomic mass is 10.2. The Morgan fingerprint density at radius 1 is 0.955 bits per heavy atom. The summed E-state index contributed by atoms with van der Waals surface area (Å²) in [4.78, 5) is 30.2. The summed E-state index contributed by atoms with van der Waals surface area (Å²) in [6.07, 6.45) is -3.90. The second-order valence-electron chi connectivity index (χ2n) is 9.22. The van der Waals surface area contributed by atoms with E-state index in [1.54, 1.807) is 30.1 Å². The molecule has 0 fully saturated rings. The highest BCUT2D eigenvalue weighted by Gasteiger charge is 2.42. The van der Waals surface area contributed by atoms with Crippen LogP contribution in [0.15, 0.2) is 83.9 Å². The van der Waals surface area contributed by atoms with Gasteiger partial charge in [0, 0.05) is 37.4 Å². The van der Waals surface area contributed by atoms with E-state index in [-0.39, 0.29) is 17.5 Å². The molecule has 0 aliphatic carbocycles. The Bertz CT molecular complexity index is 1950. The molecule has 0 radical (unpaired) electrons. The lowest BCUT2D eigenvalue weighted by Crippen LogP contribution is -2.34. The van der Waals surface area contributed by atoms with E-state index in [9.17, 15) is 30.8 Å². The van der Waals surface area contributed by atoms with Gasteiger partial charge in [-0.1, -0.05) is 6.07 Å². The normalized spacial score (nSPS) is 11.8. The van der Waals surface area contributed by atoms with Crippen LogP contribution >= 0.6 is 0 Å². The van der Waals surface area contributed by atoms with Crippen LogP contribution in [0.1, 0.15) is 0 Å².